The molecule has 0 saturated heterocycles. The van der Waals surface area contributed by atoms with Crippen molar-refractivity contribution in [3.63, 3.8) is 0 Å². The molecule has 7 heteroatoms. The lowest BCUT2D eigenvalue weighted by molar-refractivity contribution is -0.137. The van der Waals surface area contributed by atoms with E-state index in [1.54, 1.807) is 4.57 Å². The maximum atomic E-state index is 12.6. The molecule has 6 nitrogen and oxygen atoms in total. The number of nitrogens with zero attached hydrogens (tertiary/aromatic N) is 2. The predicted octanol–water partition coefficient (Wildman–Crippen LogP) is 1.38. The third-order valence-electron chi connectivity index (χ3n) is 3.83. The van der Waals surface area contributed by atoms with Crippen LogP contribution in [0.3, 0.4) is 0 Å². The molecule has 0 amide bonds. The molecule has 2 heterocycles. The zero-order chi connectivity index (χ0) is 15.3. The Kier molecular flexibility index (Phi) is 3.24. The van der Waals surface area contributed by atoms with Crippen molar-refractivity contribution in [1.29, 1.82) is 0 Å². The first kappa shape index (κ1) is 14.1. The standard InChI is InChI=1S/C14H16N2O4S/c1-7(2)16-13-11(8-4-3-5-9(8)21-13)12(19)15(14(16)20)6-10(17)18/h7H,3-6H2,1-2H3,(H,17,18). The average molecular weight is 308 g/mol. The van der Waals surface area contributed by atoms with Crippen molar-refractivity contribution in [2.75, 3.05) is 0 Å². The Balaban J connectivity index is 2.46. The van der Waals surface area contributed by atoms with E-state index in [0.29, 0.717) is 10.2 Å². The van der Waals surface area contributed by atoms with Gasteiger partial charge in [0, 0.05) is 10.9 Å². The summed E-state index contributed by atoms with van der Waals surface area (Å²) in [6.45, 7) is 3.13. The topological polar surface area (TPSA) is 81.3 Å². The molecular formula is C14H16N2O4S. The minimum atomic E-state index is -1.18. The van der Waals surface area contributed by atoms with Crippen molar-refractivity contribution < 1.29 is 9.90 Å². The molecule has 1 aliphatic carbocycles. The molecule has 2 aromatic rings. The second-order valence-electron chi connectivity index (χ2n) is 5.57. The van der Waals surface area contributed by atoms with E-state index in [1.165, 1.54) is 11.3 Å². The van der Waals surface area contributed by atoms with Crippen LogP contribution >= 0.6 is 11.3 Å². The molecule has 112 valence electrons. The van der Waals surface area contributed by atoms with Crippen molar-refractivity contribution in [3.05, 3.63) is 31.3 Å². The average Bonchev–Trinajstić information content (AvgIpc) is 2.93. The van der Waals surface area contributed by atoms with Crippen molar-refractivity contribution >= 4 is 27.5 Å². The van der Waals surface area contributed by atoms with E-state index in [4.69, 9.17) is 5.11 Å². The maximum Gasteiger partial charge on any atom is 0.332 e. The Morgan fingerprint density at radius 1 is 1.33 bits per heavy atom. The van der Waals surface area contributed by atoms with E-state index in [0.717, 1.165) is 34.3 Å². The van der Waals surface area contributed by atoms with Crippen molar-refractivity contribution in [2.45, 2.75) is 45.7 Å². The molecule has 0 unspecified atom stereocenters. The van der Waals surface area contributed by atoms with Gasteiger partial charge in [0.15, 0.2) is 0 Å². The van der Waals surface area contributed by atoms with Gasteiger partial charge in [-0.05, 0) is 38.7 Å². The van der Waals surface area contributed by atoms with E-state index >= 15 is 0 Å². The number of aromatic nitrogens is 2. The zero-order valence-electron chi connectivity index (χ0n) is 11.9. The number of carboxylic acid groups (broad SMARTS) is 1. The van der Waals surface area contributed by atoms with Gasteiger partial charge < -0.3 is 5.11 Å². The number of hydrogen-bond donors (Lipinski definition) is 1. The van der Waals surface area contributed by atoms with Crippen LogP contribution in [0.5, 0.6) is 0 Å². The van der Waals surface area contributed by atoms with Gasteiger partial charge in [-0.15, -0.1) is 11.3 Å². The Morgan fingerprint density at radius 3 is 2.67 bits per heavy atom. The Morgan fingerprint density at radius 2 is 2.05 bits per heavy atom. The fraction of sp³-hybridized carbons (Fsp3) is 0.500. The highest BCUT2D eigenvalue weighted by Crippen LogP contribution is 2.35. The van der Waals surface area contributed by atoms with Gasteiger partial charge in [-0.2, -0.15) is 0 Å². The summed E-state index contributed by atoms with van der Waals surface area (Å²) in [5.41, 5.74) is 0.00654. The Bertz CT molecular complexity index is 856. The van der Waals surface area contributed by atoms with E-state index < -0.39 is 23.8 Å². The number of carbonyl (C=O) groups is 1. The highest BCUT2D eigenvalue weighted by atomic mass is 32.1. The van der Waals surface area contributed by atoms with Crippen LogP contribution in [0.4, 0.5) is 0 Å². The molecule has 3 rings (SSSR count). The van der Waals surface area contributed by atoms with Crippen LogP contribution in [0.25, 0.3) is 10.2 Å². The van der Waals surface area contributed by atoms with Gasteiger partial charge in [0.2, 0.25) is 0 Å². The number of hydrogen-bond acceptors (Lipinski definition) is 4. The lowest BCUT2D eigenvalue weighted by atomic mass is 10.2. The molecule has 1 N–H and O–H groups in total. The predicted molar refractivity (Wildman–Crippen MR) is 80.4 cm³/mol. The van der Waals surface area contributed by atoms with E-state index in [2.05, 4.69) is 0 Å². The molecule has 1 aliphatic rings. The summed E-state index contributed by atoms with van der Waals surface area (Å²) >= 11 is 1.50. The summed E-state index contributed by atoms with van der Waals surface area (Å²) in [7, 11) is 0. The molecule has 0 fully saturated rings. The van der Waals surface area contributed by atoms with Gasteiger partial charge in [-0.1, -0.05) is 0 Å². The number of aliphatic carboxylic acids is 1. The van der Waals surface area contributed by atoms with Crippen molar-refractivity contribution in [1.82, 2.24) is 9.13 Å². The lowest BCUT2D eigenvalue weighted by Crippen LogP contribution is -2.42. The van der Waals surface area contributed by atoms with Gasteiger partial charge in [0.25, 0.3) is 5.56 Å². The summed E-state index contributed by atoms with van der Waals surface area (Å²) in [5.74, 6) is -1.18. The minimum absolute atomic E-state index is 0.126. The zero-order valence-corrected chi connectivity index (χ0v) is 12.7. The van der Waals surface area contributed by atoms with Gasteiger partial charge in [-0.3, -0.25) is 14.2 Å². The first-order valence-electron chi connectivity index (χ1n) is 6.93. The number of aryl methyl sites for hydroxylation is 2. The summed E-state index contributed by atoms with van der Waals surface area (Å²) in [6, 6.07) is -0.126. The molecular weight excluding hydrogens is 292 g/mol. The molecule has 2 aromatic heterocycles. The SMILES string of the molecule is CC(C)n1c(=O)n(CC(=O)O)c(=O)c2c3c(sc21)CCC3. The van der Waals surface area contributed by atoms with Crippen LogP contribution in [-0.2, 0) is 24.2 Å². The normalized spacial score (nSPS) is 14.0. The molecule has 0 atom stereocenters. The molecule has 0 bridgehead atoms. The first-order valence-corrected chi connectivity index (χ1v) is 7.74. The summed E-state index contributed by atoms with van der Waals surface area (Å²) < 4.78 is 2.39. The van der Waals surface area contributed by atoms with Crippen LogP contribution in [0.2, 0.25) is 0 Å². The summed E-state index contributed by atoms with van der Waals surface area (Å²) in [4.78, 5) is 37.9. The van der Waals surface area contributed by atoms with Gasteiger partial charge in [0.1, 0.15) is 11.4 Å². The highest BCUT2D eigenvalue weighted by Gasteiger charge is 2.25. The molecule has 0 saturated carbocycles. The van der Waals surface area contributed by atoms with E-state index in [1.807, 2.05) is 13.8 Å². The molecule has 0 aliphatic heterocycles. The summed E-state index contributed by atoms with van der Waals surface area (Å²) in [5, 5.41) is 9.50. The minimum Gasteiger partial charge on any atom is -0.480 e. The molecule has 0 aromatic carbocycles. The van der Waals surface area contributed by atoms with Crippen molar-refractivity contribution in [3.8, 4) is 0 Å². The monoisotopic (exact) mass is 308 g/mol. The van der Waals surface area contributed by atoms with Crippen LogP contribution < -0.4 is 11.2 Å². The molecule has 21 heavy (non-hydrogen) atoms. The van der Waals surface area contributed by atoms with Gasteiger partial charge >= 0.3 is 11.7 Å². The molecule has 0 spiro atoms. The number of carboxylic acids is 1. The Labute approximate surface area is 124 Å². The van der Waals surface area contributed by atoms with Crippen LogP contribution in [-0.4, -0.2) is 20.2 Å². The second-order valence-corrected chi connectivity index (χ2v) is 6.65. The molecule has 0 radical (unpaired) electrons. The number of thiophene rings is 1. The fourth-order valence-corrected chi connectivity index (χ4v) is 4.46. The van der Waals surface area contributed by atoms with Gasteiger partial charge in [0.05, 0.1) is 5.39 Å². The smallest absolute Gasteiger partial charge is 0.332 e. The van der Waals surface area contributed by atoms with Crippen molar-refractivity contribution in [2.24, 2.45) is 0 Å². The third-order valence-corrected chi connectivity index (χ3v) is 5.12. The van der Waals surface area contributed by atoms with E-state index in [9.17, 15) is 14.4 Å². The van der Waals surface area contributed by atoms with Crippen LogP contribution in [0.1, 0.15) is 36.8 Å². The van der Waals surface area contributed by atoms with Crippen LogP contribution in [0, 0.1) is 0 Å². The fourth-order valence-electron chi connectivity index (χ4n) is 2.95. The summed E-state index contributed by atoms with van der Waals surface area (Å²) in [6.07, 6.45) is 2.77. The van der Waals surface area contributed by atoms with E-state index in [-0.39, 0.29) is 6.04 Å². The second kappa shape index (κ2) is 4.84. The number of fused-ring (bicyclic) bond motifs is 3. The van der Waals surface area contributed by atoms with Crippen LogP contribution in [0.15, 0.2) is 9.59 Å². The van der Waals surface area contributed by atoms with Gasteiger partial charge in [-0.25, -0.2) is 9.36 Å². The third kappa shape index (κ3) is 2.03. The lowest BCUT2D eigenvalue weighted by Gasteiger charge is -2.14. The number of rotatable bonds is 3. The Hall–Kier alpha value is -1.89. The quantitative estimate of drug-likeness (QED) is 0.928. The maximum absolute atomic E-state index is 12.6. The highest BCUT2D eigenvalue weighted by molar-refractivity contribution is 7.18. The largest absolute Gasteiger partial charge is 0.480 e. The first-order chi connectivity index (χ1) is 9.91.